The number of rotatable bonds is 4. The van der Waals surface area contributed by atoms with E-state index in [1.54, 1.807) is 0 Å². The molecule has 0 radical (unpaired) electrons. The maximum atomic E-state index is 11.8. The Bertz CT molecular complexity index is 407. The monoisotopic (exact) mass is 362 g/mol. The van der Waals surface area contributed by atoms with Crippen LogP contribution in [-0.2, 0) is 4.79 Å². The molecule has 94 valence electrons. The Kier molecular flexibility index (Phi) is 5.46. The van der Waals surface area contributed by atoms with E-state index in [9.17, 15) is 4.79 Å². The minimum atomic E-state index is -0.275. The molecule has 0 saturated carbocycles. The lowest BCUT2D eigenvalue weighted by Crippen LogP contribution is -2.41. The summed E-state index contributed by atoms with van der Waals surface area (Å²) in [7, 11) is 0. The van der Waals surface area contributed by atoms with Crippen LogP contribution in [0.5, 0.6) is 0 Å². The molecular weight excluding hydrogens is 348 g/mol. The van der Waals surface area contributed by atoms with Gasteiger partial charge in [-0.15, -0.1) is 0 Å². The average molecular weight is 364 g/mol. The summed E-state index contributed by atoms with van der Waals surface area (Å²) in [6.07, 6.45) is 0. The largest absolute Gasteiger partial charge is 0.373 e. The van der Waals surface area contributed by atoms with Crippen LogP contribution in [0.15, 0.2) is 27.1 Å². The third kappa shape index (κ3) is 4.68. The molecule has 1 aromatic carbocycles. The number of anilines is 1. The van der Waals surface area contributed by atoms with Gasteiger partial charge in [0.2, 0.25) is 5.91 Å². The number of hydrogen-bond donors (Lipinski definition) is 2. The molecule has 2 N–H and O–H groups in total. The van der Waals surface area contributed by atoms with Gasteiger partial charge in [0, 0.05) is 15.0 Å². The Balaban J connectivity index is 2.70. The fourth-order valence-electron chi connectivity index (χ4n) is 1.32. The van der Waals surface area contributed by atoms with Gasteiger partial charge in [0.1, 0.15) is 6.04 Å². The predicted octanol–water partition coefficient (Wildman–Crippen LogP) is 3.54. The van der Waals surface area contributed by atoms with Gasteiger partial charge in [0.25, 0.3) is 0 Å². The minimum Gasteiger partial charge on any atom is -0.373 e. The van der Waals surface area contributed by atoms with Gasteiger partial charge in [-0.2, -0.15) is 0 Å². The average Bonchev–Trinajstić information content (AvgIpc) is 2.22. The van der Waals surface area contributed by atoms with Crippen LogP contribution in [0.3, 0.4) is 0 Å². The molecular formula is C12H16Br2N2O. The topological polar surface area (TPSA) is 41.1 Å². The van der Waals surface area contributed by atoms with Crippen LogP contribution in [0.1, 0.15) is 20.8 Å². The van der Waals surface area contributed by atoms with Crippen molar-refractivity contribution < 1.29 is 4.79 Å². The second-order valence-electron chi connectivity index (χ2n) is 4.15. The zero-order chi connectivity index (χ0) is 13.0. The van der Waals surface area contributed by atoms with Crippen molar-refractivity contribution in [1.82, 2.24) is 5.32 Å². The maximum absolute atomic E-state index is 11.8. The Morgan fingerprint density at radius 2 is 1.88 bits per heavy atom. The molecule has 0 aromatic heterocycles. The van der Waals surface area contributed by atoms with Crippen LogP contribution < -0.4 is 10.6 Å². The SMILES string of the molecule is CC(C)NC(=O)C(C)Nc1cc(Br)ccc1Br. The van der Waals surface area contributed by atoms with E-state index in [-0.39, 0.29) is 18.0 Å². The number of halogens is 2. The van der Waals surface area contributed by atoms with Crippen LogP contribution in [0.4, 0.5) is 5.69 Å². The molecule has 0 bridgehead atoms. The van der Waals surface area contributed by atoms with Crippen molar-refractivity contribution in [2.45, 2.75) is 32.9 Å². The van der Waals surface area contributed by atoms with Crippen molar-refractivity contribution >= 4 is 43.5 Å². The fourth-order valence-corrected chi connectivity index (χ4v) is 2.04. The van der Waals surface area contributed by atoms with Gasteiger partial charge < -0.3 is 10.6 Å². The molecule has 0 aliphatic carbocycles. The first kappa shape index (κ1) is 14.5. The highest BCUT2D eigenvalue weighted by Gasteiger charge is 2.14. The van der Waals surface area contributed by atoms with Crippen molar-refractivity contribution in [2.24, 2.45) is 0 Å². The molecule has 5 heteroatoms. The van der Waals surface area contributed by atoms with Crippen LogP contribution in [-0.4, -0.2) is 18.0 Å². The first-order valence-corrected chi connectivity index (χ1v) is 7.00. The van der Waals surface area contributed by atoms with E-state index in [1.807, 2.05) is 39.0 Å². The van der Waals surface area contributed by atoms with Crippen molar-refractivity contribution in [2.75, 3.05) is 5.32 Å². The molecule has 0 aliphatic heterocycles. The quantitative estimate of drug-likeness (QED) is 0.858. The second kappa shape index (κ2) is 6.40. The lowest BCUT2D eigenvalue weighted by molar-refractivity contribution is -0.122. The Labute approximate surface area is 119 Å². The summed E-state index contributed by atoms with van der Waals surface area (Å²) in [6.45, 7) is 5.73. The summed E-state index contributed by atoms with van der Waals surface area (Å²) >= 11 is 6.85. The molecule has 1 atom stereocenters. The lowest BCUT2D eigenvalue weighted by atomic mass is 10.2. The summed E-state index contributed by atoms with van der Waals surface area (Å²) in [5.41, 5.74) is 0.894. The Hall–Kier alpha value is -0.550. The zero-order valence-corrected chi connectivity index (χ0v) is 13.2. The Morgan fingerprint density at radius 3 is 2.47 bits per heavy atom. The third-order valence-corrected chi connectivity index (χ3v) is 3.31. The molecule has 1 amide bonds. The highest BCUT2D eigenvalue weighted by molar-refractivity contribution is 9.11. The van der Waals surface area contributed by atoms with E-state index in [4.69, 9.17) is 0 Å². The molecule has 0 spiro atoms. The number of carbonyl (C=O) groups excluding carboxylic acids is 1. The van der Waals surface area contributed by atoms with E-state index in [0.29, 0.717) is 0 Å². The van der Waals surface area contributed by atoms with Crippen molar-refractivity contribution in [1.29, 1.82) is 0 Å². The van der Waals surface area contributed by atoms with Gasteiger partial charge in [-0.3, -0.25) is 4.79 Å². The molecule has 17 heavy (non-hydrogen) atoms. The van der Waals surface area contributed by atoms with Gasteiger partial charge in [-0.25, -0.2) is 0 Å². The van der Waals surface area contributed by atoms with Crippen LogP contribution in [0.2, 0.25) is 0 Å². The lowest BCUT2D eigenvalue weighted by Gasteiger charge is -2.18. The summed E-state index contributed by atoms with van der Waals surface area (Å²) in [4.78, 5) is 11.8. The summed E-state index contributed by atoms with van der Waals surface area (Å²) < 4.78 is 1.91. The van der Waals surface area contributed by atoms with Gasteiger partial charge in [0.15, 0.2) is 0 Å². The van der Waals surface area contributed by atoms with E-state index < -0.39 is 0 Å². The van der Waals surface area contributed by atoms with E-state index in [0.717, 1.165) is 14.6 Å². The Morgan fingerprint density at radius 1 is 1.24 bits per heavy atom. The molecule has 1 aromatic rings. The third-order valence-electron chi connectivity index (χ3n) is 2.12. The minimum absolute atomic E-state index is 0.00752. The molecule has 0 fully saturated rings. The number of benzene rings is 1. The van der Waals surface area contributed by atoms with Crippen molar-refractivity contribution in [3.63, 3.8) is 0 Å². The highest BCUT2D eigenvalue weighted by atomic mass is 79.9. The second-order valence-corrected chi connectivity index (χ2v) is 5.92. The molecule has 0 aliphatic rings. The number of hydrogen-bond acceptors (Lipinski definition) is 2. The fraction of sp³-hybridized carbons (Fsp3) is 0.417. The predicted molar refractivity (Wildman–Crippen MR) is 78.2 cm³/mol. The first-order valence-electron chi connectivity index (χ1n) is 5.42. The first-order chi connectivity index (χ1) is 7.90. The molecule has 1 unspecified atom stereocenters. The molecule has 3 nitrogen and oxygen atoms in total. The number of nitrogens with one attached hydrogen (secondary N) is 2. The van der Waals surface area contributed by atoms with Crippen molar-refractivity contribution in [3.8, 4) is 0 Å². The standard InChI is InChI=1S/C12H16Br2N2O/c1-7(2)15-12(17)8(3)16-11-6-9(13)4-5-10(11)14/h4-8,16H,1-3H3,(H,15,17). The van der Waals surface area contributed by atoms with E-state index in [2.05, 4.69) is 42.5 Å². The van der Waals surface area contributed by atoms with Gasteiger partial charge in [0.05, 0.1) is 5.69 Å². The van der Waals surface area contributed by atoms with Crippen molar-refractivity contribution in [3.05, 3.63) is 27.1 Å². The van der Waals surface area contributed by atoms with Gasteiger partial charge in [-0.05, 0) is 54.9 Å². The number of carbonyl (C=O) groups is 1. The summed E-state index contributed by atoms with van der Waals surface area (Å²) in [5, 5.41) is 6.04. The normalized spacial score (nSPS) is 12.4. The van der Waals surface area contributed by atoms with Crippen LogP contribution in [0.25, 0.3) is 0 Å². The van der Waals surface area contributed by atoms with Gasteiger partial charge >= 0.3 is 0 Å². The maximum Gasteiger partial charge on any atom is 0.242 e. The number of amides is 1. The summed E-state index contributed by atoms with van der Waals surface area (Å²) in [6, 6.07) is 5.68. The molecule has 0 heterocycles. The van der Waals surface area contributed by atoms with E-state index >= 15 is 0 Å². The smallest absolute Gasteiger partial charge is 0.242 e. The zero-order valence-electron chi connectivity index (χ0n) is 10.1. The van der Waals surface area contributed by atoms with Crippen LogP contribution in [0, 0.1) is 0 Å². The molecule has 0 saturated heterocycles. The van der Waals surface area contributed by atoms with Crippen LogP contribution >= 0.6 is 31.9 Å². The van der Waals surface area contributed by atoms with Gasteiger partial charge in [-0.1, -0.05) is 15.9 Å². The van der Waals surface area contributed by atoms with E-state index in [1.165, 1.54) is 0 Å². The highest BCUT2D eigenvalue weighted by Crippen LogP contribution is 2.26. The molecule has 1 rings (SSSR count). The summed E-state index contributed by atoms with van der Waals surface area (Å²) in [5.74, 6) is -0.00752.